The zero-order valence-electron chi connectivity index (χ0n) is 19.8. The third-order valence-electron chi connectivity index (χ3n) is 5.86. The molecular formula is C23H35IN6O3. The highest BCUT2D eigenvalue weighted by molar-refractivity contribution is 14.0. The average molecular weight is 570 g/mol. The first-order valence-corrected chi connectivity index (χ1v) is 11.2. The molecule has 0 unspecified atom stereocenters. The van der Waals surface area contributed by atoms with Gasteiger partial charge in [0.1, 0.15) is 11.6 Å². The topological polar surface area (TPSA) is 103 Å². The third-order valence-corrected chi connectivity index (χ3v) is 5.86. The fourth-order valence-electron chi connectivity index (χ4n) is 3.75. The SMILES string of the molecule is CCOC(=O)C1CCC(NC(=NCc2ccc(OC)cc2)NCc2nnc(C)n2C)CC1.I. The van der Waals surface area contributed by atoms with E-state index in [0.717, 1.165) is 54.6 Å². The molecular weight excluding hydrogens is 535 g/mol. The number of carbonyl (C=O) groups is 1. The molecule has 182 valence electrons. The quantitative estimate of drug-likeness (QED) is 0.218. The van der Waals surface area contributed by atoms with Gasteiger partial charge < -0.3 is 24.7 Å². The maximum Gasteiger partial charge on any atom is 0.308 e. The lowest BCUT2D eigenvalue weighted by atomic mass is 9.86. The largest absolute Gasteiger partial charge is 0.497 e. The number of nitrogens with one attached hydrogen (secondary N) is 2. The minimum Gasteiger partial charge on any atom is -0.497 e. The molecule has 0 spiro atoms. The van der Waals surface area contributed by atoms with Crippen molar-refractivity contribution in [3.8, 4) is 5.75 Å². The van der Waals surface area contributed by atoms with Crippen LogP contribution in [0.3, 0.4) is 0 Å². The van der Waals surface area contributed by atoms with Crippen LogP contribution in [-0.2, 0) is 29.7 Å². The Hall–Kier alpha value is -2.37. The standard InChI is InChI=1S/C23H34N6O3.HI/c1-5-32-22(30)18-8-10-19(11-9-18)26-23(25-15-21-28-27-16(2)29(21)3)24-14-17-6-12-20(31-4)13-7-17;/h6-7,12-13,18-19H,5,8-11,14-15H2,1-4H3,(H2,24,25,26);1H. The summed E-state index contributed by atoms with van der Waals surface area (Å²) >= 11 is 0. The molecule has 2 aromatic rings. The number of halogens is 1. The molecule has 1 aromatic carbocycles. The second kappa shape index (κ2) is 13.4. The molecule has 0 atom stereocenters. The highest BCUT2D eigenvalue weighted by Gasteiger charge is 2.27. The number of nitrogens with zero attached hydrogens (tertiary/aromatic N) is 4. The van der Waals surface area contributed by atoms with Crippen molar-refractivity contribution in [3.63, 3.8) is 0 Å². The Morgan fingerprint density at radius 3 is 2.45 bits per heavy atom. The lowest BCUT2D eigenvalue weighted by molar-refractivity contribution is -0.149. The van der Waals surface area contributed by atoms with Gasteiger partial charge in [0, 0.05) is 13.1 Å². The number of guanidine groups is 1. The molecule has 1 aliphatic carbocycles. The number of aromatic nitrogens is 3. The van der Waals surface area contributed by atoms with E-state index in [2.05, 4.69) is 20.8 Å². The summed E-state index contributed by atoms with van der Waals surface area (Å²) in [4.78, 5) is 16.8. The first kappa shape index (κ1) is 26.9. The Morgan fingerprint density at radius 1 is 1.18 bits per heavy atom. The molecule has 0 amide bonds. The number of ether oxygens (including phenoxy) is 2. The first-order chi connectivity index (χ1) is 15.5. The van der Waals surface area contributed by atoms with Gasteiger partial charge in [-0.1, -0.05) is 12.1 Å². The molecule has 0 radical (unpaired) electrons. The predicted octanol–water partition coefficient (Wildman–Crippen LogP) is 3.11. The van der Waals surface area contributed by atoms with Crippen LogP contribution in [0, 0.1) is 12.8 Å². The van der Waals surface area contributed by atoms with E-state index in [4.69, 9.17) is 14.5 Å². The van der Waals surface area contributed by atoms with Gasteiger partial charge in [0.2, 0.25) is 0 Å². The van der Waals surface area contributed by atoms with E-state index in [9.17, 15) is 4.79 Å². The van der Waals surface area contributed by atoms with Gasteiger partial charge in [0.25, 0.3) is 0 Å². The van der Waals surface area contributed by atoms with Crippen LogP contribution in [0.15, 0.2) is 29.3 Å². The summed E-state index contributed by atoms with van der Waals surface area (Å²) in [5, 5.41) is 15.3. The zero-order chi connectivity index (χ0) is 22.9. The normalized spacial score (nSPS) is 18.2. The van der Waals surface area contributed by atoms with Crippen LogP contribution in [0.1, 0.15) is 49.8 Å². The summed E-state index contributed by atoms with van der Waals surface area (Å²) in [6.07, 6.45) is 3.45. The number of carbonyl (C=O) groups excluding carboxylic acids is 1. The van der Waals surface area contributed by atoms with Crippen LogP contribution in [0.4, 0.5) is 0 Å². The van der Waals surface area contributed by atoms with Gasteiger partial charge in [-0.15, -0.1) is 34.2 Å². The smallest absolute Gasteiger partial charge is 0.308 e. The predicted molar refractivity (Wildman–Crippen MR) is 138 cm³/mol. The van der Waals surface area contributed by atoms with Crippen molar-refractivity contribution in [1.82, 2.24) is 25.4 Å². The van der Waals surface area contributed by atoms with Crippen LogP contribution < -0.4 is 15.4 Å². The summed E-state index contributed by atoms with van der Waals surface area (Å²) in [5.74, 6) is 3.18. The minimum absolute atomic E-state index is 0. The summed E-state index contributed by atoms with van der Waals surface area (Å²) in [7, 11) is 3.61. The Kier molecular flexibility index (Phi) is 10.9. The van der Waals surface area contributed by atoms with Gasteiger partial charge in [-0.2, -0.15) is 0 Å². The molecule has 1 saturated carbocycles. The summed E-state index contributed by atoms with van der Waals surface area (Å²) in [6.45, 7) is 5.26. The molecule has 0 aliphatic heterocycles. The molecule has 1 heterocycles. The number of methoxy groups -OCH3 is 1. The number of esters is 1. The van der Waals surface area contributed by atoms with Crippen molar-refractivity contribution < 1.29 is 14.3 Å². The number of hydrogen-bond donors (Lipinski definition) is 2. The van der Waals surface area contributed by atoms with Gasteiger partial charge in [-0.25, -0.2) is 4.99 Å². The van der Waals surface area contributed by atoms with Crippen LogP contribution in [0.5, 0.6) is 5.75 Å². The Balaban J connectivity index is 0.00000385. The van der Waals surface area contributed by atoms with E-state index in [1.165, 1.54) is 0 Å². The molecule has 0 saturated heterocycles. The Morgan fingerprint density at radius 2 is 1.88 bits per heavy atom. The summed E-state index contributed by atoms with van der Waals surface area (Å²) < 4.78 is 12.4. The maximum atomic E-state index is 12.0. The van der Waals surface area contributed by atoms with E-state index in [1.807, 2.05) is 49.7 Å². The van der Waals surface area contributed by atoms with Crippen molar-refractivity contribution in [2.24, 2.45) is 18.0 Å². The van der Waals surface area contributed by atoms with E-state index in [1.54, 1.807) is 7.11 Å². The number of aryl methyl sites for hydroxylation is 1. The number of benzene rings is 1. The van der Waals surface area contributed by atoms with Crippen LogP contribution in [0.2, 0.25) is 0 Å². The van der Waals surface area contributed by atoms with E-state index in [0.29, 0.717) is 19.7 Å². The van der Waals surface area contributed by atoms with Crippen molar-refractivity contribution >= 4 is 35.9 Å². The van der Waals surface area contributed by atoms with Gasteiger partial charge in [-0.05, 0) is 57.2 Å². The highest BCUT2D eigenvalue weighted by atomic mass is 127. The Bertz CT molecular complexity index is 907. The minimum atomic E-state index is -0.0740. The second-order valence-electron chi connectivity index (χ2n) is 8.03. The molecule has 0 bridgehead atoms. The fraction of sp³-hybridized carbons (Fsp3) is 0.565. The van der Waals surface area contributed by atoms with Crippen molar-refractivity contribution in [2.75, 3.05) is 13.7 Å². The van der Waals surface area contributed by atoms with E-state index in [-0.39, 0.29) is 41.9 Å². The van der Waals surface area contributed by atoms with Crippen molar-refractivity contribution in [3.05, 3.63) is 41.5 Å². The second-order valence-corrected chi connectivity index (χ2v) is 8.03. The number of rotatable bonds is 8. The summed E-state index contributed by atoms with van der Waals surface area (Å²) in [5.41, 5.74) is 1.09. The molecule has 9 nitrogen and oxygen atoms in total. The fourth-order valence-corrected chi connectivity index (χ4v) is 3.75. The van der Waals surface area contributed by atoms with Crippen LogP contribution in [-0.4, -0.2) is 46.5 Å². The van der Waals surface area contributed by atoms with E-state index < -0.39 is 0 Å². The van der Waals surface area contributed by atoms with Crippen LogP contribution in [0.25, 0.3) is 0 Å². The maximum absolute atomic E-state index is 12.0. The van der Waals surface area contributed by atoms with E-state index >= 15 is 0 Å². The summed E-state index contributed by atoms with van der Waals surface area (Å²) in [6, 6.07) is 8.14. The molecule has 1 aromatic heterocycles. The molecule has 2 N–H and O–H groups in total. The lowest BCUT2D eigenvalue weighted by Gasteiger charge is -2.29. The number of aliphatic imine (C=N–C) groups is 1. The van der Waals surface area contributed by atoms with Crippen LogP contribution >= 0.6 is 24.0 Å². The highest BCUT2D eigenvalue weighted by Crippen LogP contribution is 2.25. The lowest BCUT2D eigenvalue weighted by Crippen LogP contribution is -2.45. The number of hydrogen-bond acceptors (Lipinski definition) is 6. The average Bonchev–Trinajstić information content (AvgIpc) is 3.14. The van der Waals surface area contributed by atoms with Gasteiger partial charge in [0.15, 0.2) is 11.8 Å². The Labute approximate surface area is 212 Å². The molecule has 10 heteroatoms. The monoisotopic (exact) mass is 570 g/mol. The van der Waals surface area contributed by atoms with Gasteiger partial charge >= 0.3 is 5.97 Å². The molecule has 33 heavy (non-hydrogen) atoms. The molecule has 1 fully saturated rings. The third kappa shape index (κ3) is 7.86. The first-order valence-electron chi connectivity index (χ1n) is 11.2. The zero-order valence-corrected chi connectivity index (χ0v) is 22.2. The van der Waals surface area contributed by atoms with Gasteiger partial charge in [0.05, 0.1) is 32.7 Å². The molecule has 1 aliphatic rings. The van der Waals surface area contributed by atoms with Crippen molar-refractivity contribution in [1.29, 1.82) is 0 Å². The van der Waals surface area contributed by atoms with Gasteiger partial charge in [-0.3, -0.25) is 4.79 Å². The van der Waals surface area contributed by atoms with Crippen molar-refractivity contribution in [2.45, 2.75) is 58.7 Å². The molecule has 3 rings (SSSR count).